The van der Waals surface area contributed by atoms with Gasteiger partial charge in [0.05, 0.1) is 11.4 Å². The van der Waals surface area contributed by atoms with E-state index in [0.29, 0.717) is 27.6 Å². The Hall–Kier alpha value is -2.57. The maximum atomic E-state index is 12.5. The number of aromatic nitrogens is 1. The van der Waals surface area contributed by atoms with E-state index in [0.717, 1.165) is 22.6 Å². The Morgan fingerprint density at radius 1 is 1.12 bits per heavy atom. The molecule has 0 fully saturated rings. The van der Waals surface area contributed by atoms with Crippen LogP contribution in [0.25, 0.3) is 10.4 Å². The van der Waals surface area contributed by atoms with Gasteiger partial charge in [-0.15, -0.1) is 0 Å². The summed E-state index contributed by atoms with van der Waals surface area (Å²) in [5.41, 5.74) is 3.02. The predicted octanol–water partition coefficient (Wildman–Crippen LogP) is 3.62. The third kappa shape index (κ3) is 2.40. The summed E-state index contributed by atoms with van der Waals surface area (Å²) in [6.07, 6.45) is 0. The summed E-state index contributed by atoms with van der Waals surface area (Å²) in [7, 11) is 0. The number of benzene rings is 2. The first-order chi connectivity index (χ1) is 11.5. The Bertz CT molecular complexity index is 1010. The maximum Gasteiger partial charge on any atom is 0.307 e. The zero-order chi connectivity index (χ0) is 16.8. The number of aromatic amines is 1. The van der Waals surface area contributed by atoms with Gasteiger partial charge in [-0.25, -0.2) is 0 Å². The van der Waals surface area contributed by atoms with Crippen molar-refractivity contribution in [3.63, 3.8) is 0 Å². The van der Waals surface area contributed by atoms with E-state index in [1.807, 2.05) is 0 Å². The zero-order valence-electron chi connectivity index (χ0n) is 12.2. The lowest BCUT2D eigenvalue weighted by Gasteiger charge is -2.16. The average Bonchev–Trinajstić information content (AvgIpc) is 3.07. The number of carbonyl (C=O) groups is 1. The largest absolute Gasteiger partial charge is 0.493 e. The molecule has 2 N–H and O–H groups in total. The van der Waals surface area contributed by atoms with Crippen LogP contribution in [0.5, 0.6) is 5.88 Å². The number of hydrogen-bond acceptors (Lipinski definition) is 4. The lowest BCUT2D eigenvalue weighted by Crippen LogP contribution is -2.22. The van der Waals surface area contributed by atoms with Gasteiger partial charge in [-0.05, 0) is 41.5 Å². The van der Waals surface area contributed by atoms with E-state index in [4.69, 9.17) is 11.6 Å². The van der Waals surface area contributed by atoms with Crippen LogP contribution < -0.4 is 9.77 Å². The molecule has 2 aromatic carbocycles. The van der Waals surface area contributed by atoms with Gasteiger partial charge in [0.1, 0.15) is 0 Å². The number of anilines is 1. The van der Waals surface area contributed by atoms with Crippen LogP contribution >= 0.6 is 22.9 Å². The van der Waals surface area contributed by atoms with Crippen LogP contribution in [-0.4, -0.2) is 16.0 Å². The number of nitrogens with zero attached hydrogens (tertiary/aromatic N) is 1. The first-order valence-electron chi connectivity index (χ1n) is 7.16. The topological polar surface area (TPSA) is 73.4 Å². The highest BCUT2D eigenvalue weighted by atomic mass is 35.5. The van der Waals surface area contributed by atoms with Gasteiger partial charge in [-0.2, -0.15) is 0 Å². The molecule has 0 spiro atoms. The molecule has 0 aliphatic carbocycles. The Morgan fingerprint density at radius 2 is 1.88 bits per heavy atom. The standard InChI is InChI=1S/C17H11ClN2O3S/c18-11-3-6-13-10(7-11)8-20(16(13)22)12-4-1-9(2-5-12)14-15(21)19-17(23)24-14/h1-7,21H,8H2,(H,19,23). The molecule has 3 aromatic rings. The molecule has 5 nitrogen and oxygen atoms in total. The molecule has 0 saturated heterocycles. The fourth-order valence-electron chi connectivity index (χ4n) is 2.81. The monoisotopic (exact) mass is 358 g/mol. The van der Waals surface area contributed by atoms with Gasteiger partial charge in [-0.3, -0.25) is 14.6 Å². The third-order valence-corrected chi connectivity index (χ3v) is 5.10. The van der Waals surface area contributed by atoms with E-state index in [2.05, 4.69) is 4.98 Å². The summed E-state index contributed by atoms with van der Waals surface area (Å²) in [6, 6.07) is 12.4. The fourth-order valence-corrected chi connectivity index (χ4v) is 3.74. The molecule has 1 aliphatic heterocycles. The minimum absolute atomic E-state index is 0.0661. The number of halogens is 1. The van der Waals surface area contributed by atoms with E-state index < -0.39 is 0 Å². The number of carbonyl (C=O) groups excluding carboxylic acids is 1. The second-order valence-electron chi connectivity index (χ2n) is 5.43. The normalized spacial score (nSPS) is 13.4. The van der Waals surface area contributed by atoms with Gasteiger partial charge in [0, 0.05) is 16.3 Å². The lowest BCUT2D eigenvalue weighted by molar-refractivity contribution is 0.0996. The molecule has 1 aromatic heterocycles. The smallest absolute Gasteiger partial charge is 0.307 e. The summed E-state index contributed by atoms with van der Waals surface area (Å²) >= 11 is 6.93. The molecule has 0 unspecified atom stereocenters. The van der Waals surface area contributed by atoms with Crippen molar-refractivity contribution in [2.75, 3.05) is 4.90 Å². The summed E-state index contributed by atoms with van der Waals surface area (Å²) in [5.74, 6) is -0.208. The van der Waals surface area contributed by atoms with E-state index in [9.17, 15) is 14.7 Å². The lowest BCUT2D eigenvalue weighted by atomic mass is 10.1. The van der Waals surface area contributed by atoms with Crippen LogP contribution in [0.15, 0.2) is 47.3 Å². The van der Waals surface area contributed by atoms with Gasteiger partial charge < -0.3 is 10.0 Å². The molecule has 24 heavy (non-hydrogen) atoms. The molecule has 0 atom stereocenters. The molecule has 1 amide bonds. The number of fused-ring (bicyclic) bond motifs is 1. The zero-order valence-corrected chi connectivity index (χ0v) is 13.8. The first-order valence-corrected chi connectivity index (χ1v) is 8.35. The number of aromatic hydroxyl groups is 1. The number of nitrogens with one attached hydrogen (secondary N) is 1. The van der Waals surface area contributed by atoms with Crippen molar-refractivity contribution >= 4 is 34.5 Å². The number of H-pyrrole nitrogens is 1. The second kappa shape index (κ2) is 5.51. The van der Waals surface area contributed by atoms with Crippen LogP contribution in [0.3, 0.4) is 0 Å². The average molecular weight is 359 g/mol. The van der Waals surface area contributed by atoms with Gasteiger partial charge in [0.2, 0.25) is 5.88 Å². The third-order valence-electron chi connectivity index (χ3n) is 3.94. The fraction of sp³-hybridized carbons (Fsp3) is 0.0588. The molecule has 0 saturated carbocycles. The van der Waals surface area contributed by atoms with Crippen molar-refractivity contribution < 1.29 is 9.90 Å². The quantitative estimate of drug-likeness (QED) is 0.734. The number of hydrogen-bond donors (Lipinski definition) is 2. The molecule has 120 valence electrons. The molecule has 7 heteroatoms. The molecule has 0 radical (unpaired) electrons. The summed E-state index contributed by atoms with van der Waals surface area (Å²) in [5, 5.41) is 10.3. The van der Waals surface area contributed by atoms with Crippen molar-refractivity contribution in [2.24, 2.45) is 0 Å². The van der Waals surface area contributed by atoms with Crippen molar-refractivity contribution in [3.05, 3.63) is 68.3 Å². The number of thiazole rings is 1. The van der Waals surface area contributed by atoms with Gasteiger partial charge in [-0.1, -0.05) is 35.1 Å². The van der Waals surface area contributed by atoms with E-state index in [1.54, 1.807) is 47.4 Å². The van der Waals surface area contributed by atoms with E-state index in [1.165, 1.54) is 0 Å². The highest BCUT2D eigenvalue weighted by molar-refractivity contribution is 7.13. The predicted molar refractivity (Wildman–Crippen MR) is 94.0 cm³/mol. The van der Waals surface area contributed by atoms with Crippen LogP contribution in [-0.2, 0) is 6.54 Å². The Morgan fingerprint density at radius 3 is 2.54 bits per heavy atom. The second-order valence-corrected chi connectivity index (χ2v) is 6.85. The van der Waals surface area contributed by atoms with Gasteiger partial charge in [0.25, 0.3) is 5.91 Å². The molecular weight excluding hydrogens is 348 g/mol. The van der Waals surface area contributed by atoms with Gasteiger partial charge in [0.15, 0.2) is 0 Å². The SMILES string of the molecule is O=C1c2ccc(Cl)cc2CN1c1ccc(-c2sc(=O)[nH]c2O)cc1. The molecule has 2 heterocycles. The summed E-state index contributed by atoms with van der Waals surface area (Å²) in [6.45, 7) is 0.469. The van der Waals surface area contributed by atoms with Crippen LogP contribution in [0.2, 0.25) is 5.02 Å². The minimum atomic E-state index is -0.311. The minimum Gasteiger partial charge on any atom is -0.493 e. The van der Waals surface area contributed by atoms with Crippen molar-refractivity contribution in [1.82, 2.24) is 4.98 Å². The Kier molecular flexibility index (Phi) is 3.44. The maximum absolute atomic E-state index is 12.5. The summed E-state index contributed by atoms with van der Waals surface area (Å²) in [4.78, 5) is 28.0. The van der Waals surface area contributed by atoms with Crippen molar-refractivity contribution in [1.29, 1.82) is 0 Å². The van der Waals surface area contributed by atoms with Crippen molar-refractivity contribution in [2.45, 2.75) is 6.54 Å². The summed E-state index contributed by atoms with van der Waals surface area (Å²) < 4.78 is 0. The Labute approximate surface area is 145 Å². The highest BCUT2D eigenvalue weighted by Gasteiger charge is 2.28. The van der Waals surface area contributed by atoms with Crippen LogP contribution in [0.4, 0.5) is 5.69 Å². The van der Waals surface area contributed by atoms with E-state index >= 15 is 0 Å². The van der Waals surface area contributed by atoms with Gasteiger partial charge >= 0.3 is 4.87 Å². The molecule has 1 aliphatic rings. The molecule has 0 bridgehead atoms. The molecule has 4 rings (SSSR count). The Balaban J connectivity index is 1.66. The number of rotatable bonds is 2. The van der Waals surface area contributed by atoms with Crippen LogP contribution in [0.1, 0.15) is 15.9 Å². The van der Waals surface area contributed by atoms with Crippen molar-refractivity contribution in [3.8, 4) is 16.3 Å². The highest BCUT2D eigenvalue weighted by Crippen LogP contribution is 2.34. The molecular formula is C17H11ClN2O3S. The van der Waals surface area contributed by atoms with Crippen LogP contribution in [0, 0.1) is 0 Å². The number of amides is 1. The van der Waals surface area contributed by atoms with E-state index in [-0.39, 0.29) is 16.7 Å². The first kappa shape index (κ1) is 15.0.